The minimum absolute atomic E-state index is 0.920. The van der Waals surface area contributed by atoms with Gasteiger partial charge < -0.3 is 4.74 Å². The second-order valence-electron chi connectivity index (χ2n) is 4.56. The van der Waals surface area contributed by atoms with Crippen LogP contribution in [0.25, 0.3) is 10.8 Å². The van der Waals surface area contributed by atoms with Crippen LogP contribution in [0, 0.1) is 6.07 Å². The summed E-state index contributed by atoms with van der Waals surface area (Å²) in [4.78, 5) is 0. The highest BCUT2D eigenvalue weighted by atomic mass is 16.5. The van der Waals surface area contributed by atoms with E-state index in [-0.39, 0.29) is 0 Å². The molecule has 0 aliphatic carbocycles. The Kier molecular flexibility index (Phi) is 1.95. The normalized spacial score (nSPS) is 12.7. The average molecular weight is 231 g/mol. The molecule has 0 aromatic heterocycles. The van der Waals surface area contributed by atoms with Gasteiger partial charge in [-0.05, 0) is 34.5 Å². The van der Waals surface area contributed by atoms with Crippen LogP contribution in [0.5, 0.6) is 11.5 Å². The third-order valence-corrected chi connectivity index (χ3v) is 3.46. The molecular formula is C17H11O. The van der Waals surface area contributed by atoms with Gasteiger partial charge in [0.1, 0.15) is 11.5 Å². The Morgan fingerprint density at radius 3 is 2.83 bits per heavy atom. The van der Waals surface area contributed by atoms with Crippen molar-refractivity contribution in [2.75, 3.05) is 0 Å². The molecule has 1 nitrogen and oxygen atoms in total. The van der Waals surface area contributed by atoms with Crippen molar-refractivity contribution in [1.29, 1.82) is 0 Å². The lowest BCUT2D eigenvalue weighted by molar-refractivity contribution is 0.461. The molecule has 0 N–H and O–H groups in total. The van der Waals surface area contributed by atoms with Crippen LogP contribution in [0.4, 0.5) is 0 Å². The maximum absolute atomic E-state index is 5.97. The van der Waals surface area contributed by atoms with Crippen LogP contribution in [0.3, 0.4) is 0 Å². The number of fused-ring (bicyclic) bond motifs is 4. The maximum Gasteiger partial charge on any atom is 0.131 e. The van der Waals surface area contributed by atoms with E-state index in [0.717, 1.165) is 17.9 Å². The van der Waals surface area contributed by atoms with Gasteiger partial charge >= 0.3 is 0 Å². The van der Waals surface area contributed by atoms with Gasteiger partial charge in [-0.25, -0.2) is 0 Å². The van der Waals surface area contributed by atoms with Crippen LogP contribution in [-0.4, -0.2) is 0 Å². The summed E-state index contributed by atoms with van der Waals surface area (Å²) in [6.45, 7) is 0. The fraction of sp³-hybridized carbons (Fsp3) is 0.0588. The zero-order valence-electron chi connectivity index (χ0n) is 9.81. The second-order valence-corrected chi connectivity index (χ2v) is 4.56. The van der Waals surface area contributed by atoms with Crippen molar-refractivity contribution >= 4 is 10.8 Å². The Morgan fingerprint density at radius 1 is 0.889 bits per heavy atom. The topological polar surface area (TPSA) is 9.23 Å². The summed E-state index contributed by atoms with van der Waals surface area (Å²) in [5, 5.41) is 2.39. The monoisotopic (exact) mass is 231 g/mol. The van der Waals surface area contributed by atoms with E-state index in [1.165, 1.54) is 21.9 Å². The second kappa shape index (κ2) is 3.61. The van der Waals surface area contributed by atoms with E-state index >= 15 is 0 Å². The van der Waals surface area contributed by atoms with Crippen LogP contribution in [0.2, 0.25) is 0 Å². The molecule has 0 amide bonds. The predicted octanol–water partition coefficient (Wildman–Crippen LogP) is 4.34. The summed E-state index contributed by atoms with van der Waals surface area (Å²) in [6.07, 6.45) is 0.920. The number of benzene rings is 3. The van der Waals surface area contributed by atoms with Crippen LogP contribution >= 0.6 is 0 Å². The molecule has 85 valence electrons. The molecule has 3 aromatic carbocycles. The van der Waals surface area contributed by atoms with E-state index < -0.39 is 0 Å². The summed E-state index contributed by atoms with van der Waals surface area (Å²) in [5.74, 6) is 1.93. The van der Waals surface area contributed by atoms with Gasteiger partial charge in [0.25, 0.3) is 0 Å². The fourth-order valence-electron chi connectivity index (χ4n) is 2.57. The molecule has 0 fully saturated rings. The van der Waals surface area contributed by atoms with Gasteiger partial charge in [0.15, 0.2) is 0 Å². The Balaban J connectivity index is 1.98. The van der Waals surface area contributed by atoms with Crippen molar-refractivity contribution in [1.82, 2.24) is 0 Å². The summed E-state index contributed by atoms with van der Waals surface area (Å²) in [6, 6.07) is 21.8. The van der Waals surface area contributed by atoms with Crippen LogP contribution in [0.1, 0.15) is 11.1 Å². The minimum atomic E-state index is 0.920. The van der Waals surface area contributed by atoms with Crippen LogP contribution in [0.15, 0.2) is 54.6 Å². The molecule has 0 spiro atoms. The van der Waals surface area contributed by atoms with Crippen molar-refractivity contribution in [2.45, 2.75) is 6.42 Å². The van der Waals surface area contributed by atoms with E-state index in [1.807, 2.05) is 24.3 Å². The van der Waals surface area contributed by atoms with Crippen molar-refractivity contribution in [2.24, 2.45) is 0 Å². The molecule has 4 rings (SSSR count). The lowest BCUT2D eigenvalue weighted by Gasteiger charge is -2.21. The van der Waals surface area contributed by atoms with Crippen molar-refractivity contribution < 1.29 is 4.74 Å². The molecule has 18 heavy (non-hydrogen) atoms. The third-order valence-electron chi connectivity index (χ3n) is 3.46. The largest absolute Gasteiger partial charge is 0.457 e. The quantitative estimate of drug-likeness (QED) is 0.437. The summed E-state index contributed by atoms with van der Waals surface area (Å²) >= 11 is 0. The first-order valence-electron chi connectivity index (χ1n) is 6.10. The highest BCUT2D eigenvalue weighted by Crippen LogP contribution is 2.39. The number of ether oxygens (including phenoxy) is 1. The summed E-state index contributed by atoms with van der Waals surface area (Å²) < 4.78 is 5.97. The van der Waals surface area contributed by atoms with Gasteiger partial charge in [0.05, 0.1) is 0 Å². The van der Waals surface area contributed by atoms with Gasteiger partial charge in [-0.2, -0.15) is 0 Å². The fourth-order valence-corrected chi connectivity index (χ4v) is 2.57. The Morgan fingerprint density at radius 2 is 1.83 bits per heavy atom. The molecule has 0 atom stereocenters. The molecule has 0 unspecified atom stereocenters. The highest BCUT2D eigenvalue weighted by Gasteiger charge is 2.18. The zero-order valence-corrected chi connectivity index (χ0v) is 9.81. The van der Waals surface area contributed by atoms with E-state index in [1.54, 1.807) is 0 Å². The van der Waals surface area contributed by atoms with E-state index in [4.69, 9.17) is 4.74 Å². The zero-order chi connectivity index (χ0) is 11.9. The first kappa shape index (κ1) is 9.72. The van der Waals surface area contributed by atoms with Crippen LogP contribution < -0.4 is 4.74 Å². The van der Waals surface area contributed by atoms with Crippen molar-refractivity contribution in [3.63, 3.8) is 0 Å². The molecule has 1 heteroatoms. The highest BCUT2D eigenvalue weighted by molar-refractivity contribution is 5.88. The van der Waals surface area contributed by atoms with Crippen molar-refractivity contribution in [3.05, 3.63) is 71.8 Å². The lowest BCUT2D eigenvalue weighted by Crippen LogP contribution is -2.03. The van der Waals surface area contributed by atoms with Gasteiger partial charge in [-0.15, -0.1) is 0 Å². The maximum atomic E-state index is 5.97. The average Bonchev–Trinajstić information content (AvgIpc) is 2.45. The van der Waals surface area contributed by atoms with Crippen LogP contribution in [-0.2, 0) is 6.42 Å². The molecule has 1 heterocycles. The van der Waals surface area contributed by atoms with Gasteiger partial charge in [0.2, 0.25) is 0 Å². The number of hydrogen-bond acceptors (Lipinski definition) is 1. The van der Waals surface area contributed by atoms with E-state index in [2.05, 4.69) is 36.4 Å². The molecule has 1 aliphatic heterocycles. The molecule has 0 saturated heterocycles. The number of hydrogen-bond donors (Lipinski definition) is 0. The van der Waals surface area contributed by atoms with Gasteiger partial charge in [-0.1, -0.05) is 42.5 Å². The molecule has 1 aliphatic rings. The first-order chi connectivity index (χ1) is 8.92. The third kappa shape index (κ3) is 1.34. The summed E-state index contributed by atoms with van der Waals surface area (Å²) in [5.41, 5.74) is 2.49. The van der Waals surface area contributed by atoms with E-state index in [0.29, 0.717) is 0 Å². The first-order valence-corrected chi connectivity index (χ1v) is 6.10. The molecule has 0 bridgehead atoms. The van der Waals surface area contributed by atoms with Gasteiger partial charge in [0, 0.05) is 12.0 Å². The van der Waals surface area contributed by atoms with E-state index in [9.17, 15) is 0 Å². The predicted molar refractivity (Wildman–Crippen MR) is 72.1 cm³/mol. The minimum Gasteiger partial charge on any atom is -0.457 e. The number of para-hydroxylation sites is 1. The van der Waals surface area contributed by atoms with Crippen molar-refractivity contribution in [3.8, 4) is 11.5 Å². The molecule has 1 radical (unpaired) electrons. The Bertz CT molecular complexity index is 743. The standard InChI is InChI=1S/C17H11O/c1-3-7-14-12(5-1)9-10-17-15(14)11-13-6-2-4-8-16(13)18-17/h1-6,8-10H,11H2. The molecular weight excluding hydrogens is 220 g/mol. The SMILES string of the molecule is [c]1cccc2ccc3c(c12)Cc1ccccc1O3. The summed E-state index contributed by atoms with van der Waals surface area (Å²) in [7, 11) is 0. The van der Waals surface area contributed by atoms with Gasteiger partial charge in [-0.3, -0.25) is 0 Å². The lowest BCUT2D eigenvalue weighted by atomic mass is 9.95. The Hall–Kier alpha value is -2.28. The Labute approximate surface area is 106 Å². The smallest absolute Gasteiger partial charge is 0.131 e. The number of rotatable bonds is 0. The molecule has 0 saturated carbocycles. The molecule has 3 aromatic rings.